The van der Waals surface area contributed by atoms with Crippen molar-refractivity contribution in [2.45, 2.75) is 24.9 Å². The minimum absolute atomic E-state index is 0.463. The molecule has 2 aliphatic heterocycles. The predicted molar refractivity (Wildman–Crippen MR) is 45.4 cm³/mol. The number of piperidine rings is 1. The maximum Gasteiger partial charge on any atom is 0.0297 e. The van der Waals surface area contributed by atoms with Crippen LogP contribution in [0.1, 0.15) is 12.8 Å². The van der Waals surface area contributed by atoms with Crippen molar-refractivity contribution in [3.05, 3.63) is 0 Å². The second-order valence-electron chi connectivity index (χ2n) is 3.70. The molecule has 2 heterocycles. The standard InChI is InChI=1S/C8H17N3/c9-7-5-11(6-7)8-1-3-10-4-2-8/h7-8,10H,1-6,9H2. The molecule has 0 atom stereocenters. The lowest BCUT2D eigenvalue weighted by Gasteiger charge is -2.44. The Morgan fingerprint density at radius 2 is 1.82 bits per heavy atom. The first-order valence-corrected chi connectivity index (χ1v) is 4.56. The lowest BCUT2D eigenvalue weighted by Crippen LogP contribution is -2.60. The van der Waals surface area contributed by atoms with Crippen LogP contribution in [0.15, 0.2) is 0 Å². The van der Waals surface area contributed by atoms with Gasteiger partial charge in [0.2, 0.25) is 0 Å². The van der Waals surface area contributed by atoms with Crippen LogP contribution < -0.4 is 11.1 Å². The van der Waals surface area contributed by atoms with E-state index in [1.165, 1.54) is 25.9 Å². The molecule has 0 spiro atoms. The lowest BCUT2D eigenvalue weighted by atomic mass is 9.99. The second kappa shape index (κ2) is 3.09. The first kappa shape index (κ1) is 7.53. The van der Waals surface area contributed by atoms with E-state index in [0.717, 1.165) is 19.1 Å². The maximum absolute atomic E-state index is 5.72. The van der Waals surface area contributed by atoms with E-state index in [1.54, 1.807) is 0 Å². The van der Waals surface area contributed by atoms with Gasteiger partial charge in [0.15, 0.2) is 0 Å². The number of nitrogens with zero attached hydrogens (tertiary/aromatic N) is 1. The summed E-state index contributed by atoms with van der Waals surface area (Å²) in [5.41, 5.74) is 5.72. The molecule has 0 aromatic heterocycles. The van der Waals surface area contributed by atoms with Gasteiger partial charge in [0, 0.05) is 25.2 Å². The first-order valence-electron chi connectivity index (χ1n) is 4.56. The van der Waals surface area contributed by atoms with E-state index in [2.05, 4.69) is 10.2 Å². The summed E-state index contributed by atoms with van der Waals surface area (Å²) in [7, 11) is 0. The Hall–Kier alpha value is -0.120. The minimum atomic E-state index is 0.463. The molecule has 64 valence electrons. The summed E-state index contributed by atoms with van der Waals surface area (Å²) in [4.78, 5) is 2.52. The van der Waals surface area contributed by atoms with E-state index in [1.807, 2.05) is 0 Å². The maximum atomic E-state index is 5.72. The van der Waals surface area contributed by atoms with Crippen LogP contribution in [-0.2, 0) is 0 Å². The molecule has 0 radical (unpaired) electrons. The van der Waals surface area contributed by atoms with Crippen molar-refractivity contribution in [1.29, 1.82) is 0 Å². The van der Waals surface area contributed by atoms with Crippen LogP contribution in [0.2, 0.25) is 0 Å². The van der Waals surface area contributed by atoms with Crippen molar-refractivity contribution in [3.63, 3.8) is 0 Å². The molecule has 3 nitrogen and oxygen atoms in total. The van der Waals surface area contributed by atoms with E-state index < -0.39 is 0 Å². The smallest absolute Gasteiger partial charge is 0.0297 e. The van der Waals surface area contributed by atoms with Crippen LogP contribution in [0.4, 0.5) is 0 Å². The molecule has 3 heteroatoms. The van der Waals surface area contributed by atoms with Crippen LogP contribution in [0.3, 0.4) is 0 Å². The molecule has 0 bridgehead atoms. The molecule has 2 saturated heterocycles. The quantitative estimate of drug-likeness (QED) is 0.530. The number of hydrogen-bond donors (Lipinski definition) is 2. The zero-order valence-electron chi connectivity index (χ0n) is 6.92. The SMILES string of the molecule is NC1CN(C2CCNCC2)C1. The average Bonchev–Trinajstić information content (AvgIpc) is 2.01. The third kappa shape index (κ3) is 1.55. The molecule has 3 N–H and O–H groups in total. The molecule has 2 rings (SSSR count). The molecule has 0 unspecified atom stereocenters. The Bertz CT molecular complexity index is 125. The molecular formula is C8H17N3. The highest BCUT2D eigenvalue weighted by Crippen LogP contribution is 2.17. The number of nitrogens with two attached hydrogens (primary N) is 1. The van der Waals surface area contributed by atoms with Gasteiger partial charge in [-0.05, 0) is 25.9 Å². The van der Waals surface area contributed by atoms with Gasteiger partial charge in [-0.2, -0.15) is 0 Å². The third-order valence-electron chi connectivity index (χ3n) is 2.76. The minimum Gasteiger partial charge on any atom is -0.325 e. The molecule has 0 saturated carbocycles. The van der Waals surface area contributed by atoms with Gasteiger partial charge in [-0.3, -0.25) is 4.90 Å². The highest BCUT2D eigenvalue weighted by atomic mass is 15.2. The topological polar surface area (TPSA) is 41.3 Å². The van der Waals surface area contributed by atoms with Crippen molar-refractivity contribution in [2.75, 3.05) is 26.2 Å². The van der Waals surface area contributed by atoms with Gasteiger partial charge >= 0.3 is 0 Å². The van der Waals surface area contributed by atoms with Gasteiger partial charge in [0.25, 0.3) is 0 Å². The normalized spacial score (nSPS) is 30.3. The van der Waals surface area contributed by atoms with Gasteiger partial charge in [0.05, 0.1) is 0 Å². The molecule has 0 aliphatic carbocycles. The Kier molecular flexibility index (Phi) is 2.11. The lowest BCUT2D eigenvalue weighted by molar-refractivity contribution is 0.0754. The zero-order valence-corrected chi connectivity index (χ0v) is 6.92. The summed E-state index contributed by atoms with van der Waals surface area (Å²) in [6, 6.07) is 1.29. The number of nitrogens with one attached hydrogen (secondary N) is 1. The van der Waals surface area contributed by atoms with E-state index >= 15 is 0 Å². The Balaban J connectivity index is 1.76. The fourth-order valence-corrected chi connectivity index (χ4v) is 2.02. The van der Waals surface area contributed by atoms with Crippen molar-refractivity contribution in [2.24, 2.45) is 5.73 Å². The second-order valence-corrected chi connectivity index (χ2v) is 3.70. The highest BCUT2D eigenvalue weighted by molar-refractivity contribution is 4.89. The Morgan fingerprint density at radius 1 is 1.18 bits per heavy atom. The molecular weight excluding hydrogens is 138 g/mol. The van der Waals surface area contributed by atoms with Gasteiger partial charge in [-0.15, -0.1) is 0 Å². The molecule has 0 aromatic carbocycles. The van der Waals surface area contributed by atoms with Crippen LogP contribution in [0.5, 0.6) is 0 Å². The summed E-state index contributed by atoms with van der Waals surface area (Å²) < 4.78 is 0. The van der Waals surface area contributed by atoms with E-state index in [9.17, 15) is 0 Å². The van der Waals surface area contributed by atoms with Gasteiger partial charge in [-0.1, -0.05) is 0 Å². The molecule has 11 heavy (non-hydrogen) atoms. The van der Waals surface area contributed by atoms with Gasteiger partial charge in [-0.25, -0.2) is 0 Å². The Labute approximate surface area is 67.9 Å². The summed E-state index contributed by atoms with van der Waals surface area (Å²) in [5.74, 6) is 0. The van der Waals surface area contributed by atoms with Crippen LogP contribution in [0.25, 0.3) is 0 Å². The molecule has 0 aromatic rings. The van der Waals surface area contributed by atoms with Crippen LogP contribution in [0, 0.1) is 0 Å². The van der Waals surface area contributed by atoms with Crippen LogP contribution in [-0.4, -0.2) is 43.2 Å². The van der Waals surface area contributed by atoms with Crippen molar-refractivity contribution < 1.29 is 0 Å². The number of rotatable bonds is 1. The van der Waals surface area contributed by atoms with Gasteiger partial charge < -0.3 is 11.1 Å². The predicted octanol–water partition coefficient (Wildman–Crippen LogP) is -0.619. The van der Waals surface area contributed by atoms with E-state index in [-0.39, 0.29) is 0 Å². The largest absolute Gasteiger partial charge is 0.325 e. The van der Waals surface area contributed by atoms with Crippen molar-refractivity contribution in [3.8, 4) is 0 Å². The summed E-state index contributed by atoms with van der Waals surface area (Å²) in [5, 5.41) is 3.37. The summed E-state index contributed by atoms with van der Waals surface area (Å²) >= 11 is 0. The van der Waals surface area contributed by atoms with E-state index in [0.29, 0.717) is 6.04 Å². The molecule has 2 aliphatic rings. The monoisotopic (exact) mass is 155 g/mol. The summed E-state index contributed by atoms with van der Waals surface area (Å²) in [6.45, 7) is 4.64. The summed E-state index contributed by atoms with van der Waals surface area (Å²) in [6.07, 6.45) is 2.62. The zero-order chi connectivity index (χ0) is 7.68. The fraction of sp³-hybridized carbons (Fsp3) is 1.00. The van der Waals surface area contributed by atoms with Crippen LogP contribution >= 0.6 is 0 Å². The van der Waals surface area contributed by atoms with Gasteiger partial charge in [0.1, 0.15) is 0 Å². The first-order chi connectivity index (χ1) is 5.36. The molecule has 2 fully saturated rings. The fourth-order valence-electron chi connectivity index (χ4n) is 2.02. The average molecular weight is 155 g/mol. The Morgan fingerprint density at radius 3 is 2.36 bits per heavy atom. The number of likely N-dealkylation sites (tertiary alicyclic amines) is 1. The molecule has 0 amide bonds. The van der Waals surface area contributed by atoms with Crippen molar-refractivity contribution in [1.82, 2.24) is 10.2 Å². The van der Waals surface area contributed by atoms with Crippen molar-refractivity contribution >= 4 is 0 Å². The van der Waals surface area contributed by atoms with E-state index in [4.69, 9.17) is 5.73 Å². The highest BCUT2D eigenvalue weighted by Gasteiger charge is 2.30. The number of hydrogen-bond acceptors (Lipinski definition) is 3. The third-order valence-corrected chi connectivity index (χ3v) is 2.76.